The zero-order valence-corrected chi connectivity index (χ0v) is 57.4. The number of nitrogens with zero attached hydrogens (tertiary/aromatic N) is 1. The summed E-state index contributed by atoms with van der Waals surface area (Å²) in [6, 6.07) is 65.2. The average molecular weight is 1170 g/mol. The molecule has 0 amide bonds. The van der Waals surface area contributed by atoms with Gasteiger partial charge in [0.2, 0.25) is 13.4 Å². The third kappa shape index (κ3) is 8.92. The van der Waals surface area contributed by atoms with E-state index in [9.17, 15) is 0 Å². The summed E-state index contributed by atoms with van der Waals surface area (Å²) in [6.45, 7) is 43.2. The minimum Gasteiger partial charge on any atom is -0.310 e. The van der Waals surface area contributed by atoms with Gasteiger partial charge in [-0.3, -0.25) is 0 Å². The van der Waals surface area contributed by atoms with Gasteiger partial charge in [0, 0.05) is 33.3 Å². The van der Waals surface area contributed by atoms with Gasteiger partial charge in [-0.15, -0.1) is 0 Å². The molecule has 10 aromatic rings. The van der Waals surface area contributed by atoms with Crippen molar-refractivity contribution in [2.24, 2.45) is 0 Å². The lowest BCUT2D eigenvalue weighted by Crippen LogP contribution is -2.56. The van der Waals surface area contributed by atoms with Gasteiger partial charge < -0.3 is 4.90 Å². The third-order valence-corrected chi connectivity index (χ3v) is 23.1. The van der Waals surface area contributed by atoms with Crippen molar-refractivity contribution >= 4 is 63.3 Å². The zero-order valence-electron chi connectivity index (χ0n) is 57.4. The summed E-state index contributed by atoms with van der Waals surface area (Å²) < 4.78 is 0. The van der Waals surface area contributed by atoms with E-state index in [4.69, 9.17) is 0 Å². The molecular weight excluding hydrogens is 1080 g/mol. The van der Waals surface area contributed by atoms with Gasteiger partial charge in [0.25, 0.3) is 0 Å². The molecule has 452 valence electrons. The Labute approximate surface area is 541 Å². The number of anilines is 3. The lowest BCUT2D eigenvalue weighted by atomic mass is 9.34. The molecule has 0 saturated heterocycles. The van der Waals surface area contributed by atoms with E-state index in [0.29, 0.717) is 0 Å². The van der Waals surface area contributed by atoms with Crippen LogP contribution < -0.4 is 37.7 Å². The molecule has 0 fully saturated rings. The second kappa shape index (κ2) is 22.8. The van der Waals surface area contributed by atoms with Crippen LogP contribution in [0.3, 0.4) is 0 Å². The summed E-state index contributed by atoms with van der Waals surface area (Å²) in [5, 5.41) is 0. The minimum atomic E-state index is -0.260. The molecule has 1 nitrogen and oxygen atoms in total. The number of hydrogen-bond acceptors (Lipinski definition) is 1. The van der Waals surface area contributed by atoms with Crippen molar-refractivity contribution in [3.63, 3.8) is 0 Å². The van der Waals surface area contributed by atoms with Crippen LogP contribution >= 0.6 is 0 Å². The Bertz CT molecular complexity index is 4130. The van der Waals surface area contributed by atoms with Gasteiger partial charge in [0.05, 0.1) is 0 Å². The quantitative estimate of drug-likeness (QED) is 0.0925. The smallest absolute Gasteiger partial charge is 0.242 e. The monoisotopic (exact) mass is 1170 g/mol. The minimum absolute atomic E-state index is 0.0416. The molecular formula is C87H93B2N. The highest BCUT2D eigenvalue weighted by Crippen LogP contribution is 2.70. The van der Waals surface area contributed by atoms with Crippen molar-refractivity contribution < 1.29 is 0 Å². The van der Waals surface area contributed by atoms with E-state index in [1.807, 2.05) is 0 Å². The van der Waals surface area contributed by atoms with Gasteiger partial charge in [-0.2, -0.15) is 0 Å². The molecule has 3 aliphatic carbocycles. The molecule has 0 radical (unpaired) electrons. The molecule has 0 aromatic heterocycles. The van der Waals surface area contributed by atoms with Crippen LogP contribution in [-0.2, 0) is 16.2 Å². The Kier molecular flexibility index (Phi) is 15.5. The molecule has 0 bridgehead atoms. The normalized spacial score (nSPS) is 14.2. The predicted octanol–water partition coefficient (Wildman–Crippen LogP) is 19.1. The number of para-hydroxylation sites is 2. The SMILES string of the molecule is CCC1(CC)c2ccc(B(c3c(C)cc(C)cc3C)c3c(C)cc(C)cc3C)cc2-c2c1c1c(c3c2C(CC)(CC)c2ccc(N(c4ccccc4)c4ccccc4)cc2-3)C(CC)(CC)c2ccc(B(c3c(C)cc(C)cc3C)c3c(C)cc(C)cc3C)cc2-1. The topological polar surface area (TPSA) is 3.24 Å². The maximum atomic E-state index is 2.76. The van der Waals surface area contributed by atoms with Gasteiger partial charge in [-0.1, -0.05) is 268 Å². The number of hydrogen-bond donors (Lipinski definition) is 0. The molecule has 0 aliphatic heterocycles. The van der Waals surface area contributed by atoms with Crippen molar-refractivity contribution in [3.05, 3.63) is 264 Å². The van der Waals surface area contributed by atoms with Crippen molar-refractivity contribution in [2.45, 2.75) is 179 Å². The van der Waals surface area contributed by atoms with E-state index < -0.39 is 0 Å². The van der Waals surface area contributed by atoms with E-state index in [1.165, 1.54) is 155 Å². The van der Waals surface area contributed by atoms with E-state index in [1.54, 1.807) is 16.7 Å². The molecule has 0 unspecified atom stereocenters. The second-order valence-corrected chi connectivity index (χ2v) is 28.1. The summed E-state index contributed by atoms with van der Waals surface area (Å²) in [7, 11) is 0. The van der Waals surface area contributed by atoms with Gasteiger partial charge in [-0.05, 0) is 225 Å². The Morgan fingerprint density at radius 1 is 0.278 bits per heavy atom. The fourth-order valence-corrected chi connectivity index (χ4v) is 19.5. The van der Waals surface area contributed by atoms with Crippen LogP contribution in [0.5, 0.6) is 0 Å². The molecule has 0 N–H and O–H groups in total. The molecule has 0 heterocycles. The molecule has 0 saturated carbocycles. The van der Waals surface area contributed by atoms with Crippen LogP contribution in [0.2, 0.25) is 0 Å². The summed E-state index contributed by atoms with van der Waals surface area (Å²) in [6.07, 6.45) is 5.99. The van der Waals surface area contributed by atoms with Crippen LogP contribution in [-0.4, -0.2) is 13.4 Å². The summed E-state index contributed by atoms with van der Waals surface area (Å²) in [4.78, 5) is 2.49. The summed E-state index contributed by atoms with van der Waals surface area (Å²) in [5.41, 5.74) is 45.5. The summed E-state index contributed by atoms with van der Waals surface area (Å²) in [5.74, 6) is 0. The van der Waals surface area contributed by atoms with E-state index in [2.05, 4.69) is 293 Å². The lowest BCUT2D eigenvalue weighted by Gasteiger charge is -2.37. The molecule has 0 atom stereocenters. The van der Waals surface area contributed by atoms with Gasteiger partial charge in [0.15, 0.2) is 0 Å². The first-order valence-corrected chi connectivity index (χ1v) is 34.2. The van der Waals surface area contributed by atoms with Gasteiger partial charge in [0.1, 0.15) is 0 Å². The molecule has 13 rings (SSSR count). The Morgan fingerprint density at radius 3 is 0.800 bits per heavy atom. The van der Waals surface area contributed by atoms with Crippen LogP contribution in [0.4, 0.5) is 17.1 Å². The summed E-state index contributed by atoms with van der Waals surface area (Å²) >= 11 is 0. The van der Waals surface area contributed by atoms with Crippen molar-refractivity contribution in [1.29, 1.82) is 0 Å². The first-order valence-electron chi connectivity index (χ1n) is 34.2. The van der Waals surface area contributed by atoms with E-state index in [-0.39, 0.29) is 29.7 Å². The highest BCUT2D eigenvalue weighted by atomic mass is 15.1. The Hall–Kier alpha value is -7.87. The van der Waals surface area contributed by atoms with Crippen LogP contribution in [0.25, 0.3) is 33.4 Å². The van der Waals surface area contributed by atoms with Crippen LogP contribution in [0.15, 0.2) is 164 Å². The third-order valence-electron chi connectivity index (χ3n) is 23.1. The molecule has 3 heteroatoms. The van der Waals surface area contributed by atoms with E-state index >= 15 is 0 Å². The number of aryl methyl sites for hydroxylation is 12. The Balaban J connectivity index is 1.21. The molecule has 3 aliphatic rings. The number of benzene rings is 10. The number of rotatable bonds is 15. The van der Waals surface area contributed by atoms with Crippen molar-refractivity contribution in [1.82, 2.24) is 0 Å². The van der Waals surface area contributed by atoms with Crippen LogP contribution in [0, 0.1) is 83.1 Å². The fraction of sp³-hybridized carbons (Fsp3) is 0.310. The number of fused-ring (bicyclic) bond motifs is 12. The first-order chi connectivity index (χ1) is 43.3. The fourth-order valence-electron chi connectivity index (χ4n) is 19.5. The maximum Gasteiger partial charge on any atom is 0.242 e. The predicted molar refractivity (Wildman–Crippen MR) is 393 cm³/mol. The van der Waals surface area contributed by atoms with Gasteiger partial charge in [-0.25, -0.2) is 0 Å². The highest BCUT2D eigenvalue weighted by Gasteiger charge is 2.57. The first kappa shape index (κ1) is 61.0. The van der Waals surface area contributed by atoms with Crippen molar-refractivity contribution in [3.8, 4) is 33.4 Å². The van der Waals surface area contributed by atoms with Gasteiger partial charge >= 0.3 is 0 Å². The zero-order chi connectivity index (χ0) is 63.6. The highest BCUT2D eigenvalue weighted by molar-refractivity contribution is 6.97. The standard InChI is InChI=1S/C87H93B2N/c1-19-85(20-2)72-38-35-64(88(81-56(11)41-52(7)42-57(81)12)82-58(13)43-53(8)44-59(82)14)49-69(72)76-78(85)75-70-50-65(89(83-60(15)45-54(9)46-61(83)16)84-62(17)47-55(10)48-63(84)18)36-39-73(70)86(21-3,22-4)79(75)77-71-51-68(37-40-74(71)87(23-5,24-6)80(76)77)90(66-31-27-25-28-32-66)67-33-29-26-30-34-67/h25-51H,19-24H2,1-18H3. The Morgan fingerprint density at radius 2 is 0.533 bits per heavy atom. The lowest BCUT2D eigenvalue weighted by molar-refractivity contribution is 0.473. The second-order valence-electron chi connectivity index (χ2n) is 28.1. The molecule has 0 spiro atoms. The van der Waals surface area contributed by atoms with E-state index in [0.717, 1.165) is 49.9 Å². The largest absolute Gasteiger partial charge is 0.310 e. The maximum absolute atomic E-state index is 2.76. The molecule has 90 heavy (non-hydrogen) atoms. The van der Waals surface area contributed by atoms with Crippen molar-refractivity contribution in [2.75, 3.05) is 4.90 Å². The average Bonchev–Trinajstić information content (AvgIpc) is 1.48. The molecule has 10 aromatic carbocycles. The van der Waals surface area contributed by atoms with Crippen LogP contribution in [0.1, 0.15) is 180 Å².